The van der Waals surface area contributed by atoms with E-state index in [-0.39, 0.29) is 6.10 Å². The van der Waals surface area contributed by atoms with Gasteiger partial charge in [0.1, 0.15) is 6.10 Å². The molecule has 2 heterocycles. The first-order chi connectivity index (χ1) is 10.2. The van der Waals surface area contributed by atoms with Crippen LogP contribution < -0.4 is 4.74 Å². The van der Waals surface area contributed by atoms with Crippen LogP contribution in [0, 0.1) is 12.8 Å². The summed E-state index contributed by atoms with van der Waals surface area (Å²) in [6.45, 7) is 3.66. The van der Waals surface area contributed by atoms with E-state index >= 15 is 0 Å². The summed E-state index contributed by atoms with van der Waals surface area (Å²) in [6, 6.07) is 3.93. The third kappa shape index (κ3) is 3.74. The molecule has 0 atom stereocenters. The maximum Gasteiger partial charge on any atom is 0.222 e. The van der Waals surface area contributed by atoms with Gasteiger partial charge < -0.3 is 9.64 Å². The van der Waals surface area contributed by atoms with Gasteiger partial charge in [-0.15, -0.1) is 0 Å². The van der Waals surface area contributed by atoms with Gasteiger partial charge in [0.15, 0.2) is 0 Å². The van der Waals surface area contributed by atoms with Crippen molar-refractivity contribution in [2.24, 2.45) is 5.92 Å². The summed E-state index contributed by atoms with van der Waals surface area (Å²) in [6.07, 6.45) is 8.37. The summed E-state index contributed by atoms with van der Waals surface area (Å²) in [5.41, 5.74) is 1.14. The van der Waals surface area contributed by atoms with Crippen molar-refractivity contribution in [3.8, 4) is 5.88 Å². The van der Waals surface area contributed by atoms with Crippen LogP contribution >= 0.6 is 0 Å². The smallest absolute Gasteiger partial charge is 0.222 e. The van der Waals surface area contributed by atoms with Gasteiger partial charge in [-0.2, -0.15) is 0 Å². The van der Waals surface area contributed by atoms with Gasteiger partial charge in [0.05, 0.1) is 0 Å². The molecule has 2 fully saturated rings. The molecule has 1 saturated carbocycles. The Hall–Kier alpha value is -1.58. The zero-order valence-electron chi connectivity index (χ0n) is 12.8. The van der Waals surface area contributed by atoms with E-state index in [9.17, 15) is 4.79 Å². The number of carbonyl (C=O) groups is 1. The molecule has 1 saturated heterocycles. The standard InChI is InChI=1S/C17H24N2O2/c1-13-5-6-16(18-12-13)21-15-7-9-19(10-8-15)17(20)11-14-3-2-4-14/h5-6,12,14-15H,2-4,7-11H2,1H3. The largest absolute Gasteiger partial charge is 0.474 e. The van der Waals surface area contributed by atoms with Crippen molar-refractivity contribution in [2.45, 2.75) is 51.6 Å². The molecule has 1 aliphatic carbocycles. The third-order valence-electron chi connectivity index (χ3n) is 4.65. The number of hydrogen-bond donors (Lipinski definition) is 0. The molecule has 1 aromatic rings. The number of nitrogens with zero attached hydrogens (tertiary/aromatic N) is 2. The lowest BCUT2D eigenvalue weighted by molar-refractivity contribution is -0.134. The van der Waals surface area contributed by atoms with Crippen LogP contribution in [0.3, 0.4) is 0 Å². The van der Waals surface area contributed by atoms with Gasteiger partial charge in [0.25, 0.3) is 0 Å². The molecule has 4 heteroatoms. The summed E-state index contributed by atoms with van der Waals surface area (Å²) >= 11 is 0. The molecule has 4 nitrogen and oxygen atoms in total. The summed E-state index contributed by atoms with van der Waals surface area (Å²) in [4.78, 5) is 18.5. The third-order valence-corrected chi connectivity index (χ3v) is 4.65. The van der Waals surface area contributed by atoms with Crippen molar-refractivity contribution in [1.29, 1.82) is 0 Å². The number of ether oxygens (including phenoxy) is 1. The van der Waals surface area contributed by atoms with Crippen LogP contribution in [-0.2, 0) is 4.79 Å². The van der Waals surface area contributed by atoms with Crippen molar-refractivity contribution < 1.29 is 9.53 Å². The van der Waals surface area contributed by atoms with E-state index in [1.54, 1.807) is 0 Å². The Balaban J connectivity index is 1.43. The SMILES string of the molecule is Cc1ccc(OC2CCN(C(=O)CC3CCC3)CC2)nc1. The fraction of sp³-hybridized carbons (Fsp3) is 0.647. The van der Waals surface area contributed by atoms with Crippen LogP contribution in [0.1, 0.15) is 44.1 Å². The highest BCUT2D eigenvalue weighted by Gasteiger charge is 2.27. The monoisotopic (exact) mass is 288 g/mol. The van der Waals surface area contributed by atoms with Crippen molar-refractivity contribution >= 4 is 5.91 Å². The zero-order chi connectivity index (χ0) is 14.7. The van der Waals surface area contributed by atoms with Crippen LogP contribution in [0.5, 0.6) is 5.88 Å². The molecular formula is C17H24N2O2. The molecule has 3 rings (SSSR count). The van der Waals surface area contributed by atoms with E-state index in [2.05, 4.69) is 4.98 Å². The molecule has 0 spiro atoms. The van der Waals surface area contributed by atoms with Gasteiger partial charge in [0, 0.05) is 44.6 Å². The molecule has 1 aromatic heterocycles. The topological polar surface area (TPSA) is 42.4 Å². The van der Waals surface area contributed by atoms with Gasteiger partial charge in [0.2, 0.25) is 11.8 Å². The lowest BCUT2D eigenvalue weighted by atomic mass is 9.82. The summed E-state index contributed by atoms with van der Waals surface area (Å²) in [5, 5.41) is 0. The highest BCUT2D eigenvalue weighted by molar-refractivity contribution is 5.76. The Labute approximate surface area is 126 Å². The molecular weight excluding hydrogens is 264 g/mol. The van der Waals surface area contributed by atoms with E-state index in [1.165, 1.54) is 19.3 Å². The normalized spacial score (nSPS) is 20.1. The lowest BCUT2D eigenvalue weighted by Gasteiger charge is -2.34. The fourth-order valence-electron chi connectivity index (χ4n) is 2.99. The molecule has 1 amide bonds. The molecule has 0 bridgehead atoms. The number of piperidine rings is 1. The molecule has 114 valence electrons. The maximum absolute atomic E-state index is 12.2. The maximum atomic E-state index is 12.2. The number of rotatable bonds is 4. The summed E-state index contributed by atoms with van der Waals surface area (Å²) < 4.78 is 5.90. The van der Waals surface area contributed by atoms with E-state index in [1.807, 2.05) is 30.2 Å². The predicted molar refractivity (Wildman–Crippen MR) is 81.2 cm³/mol. The number of likely N-dealkylation sites (tertiary alicyclic amines) is 1. The first-order valence-electron chi connectivity index (χ1n) is 8.08. The van der Waals surface area contributed by atoms with Crippen LogP contribution in [0.4, 0.5) is 0 Å². The van der Waals surface area contributed by atoms with Crippen molar-refractivity contribution in [3.05, 3.63) is 23.9 Å². The second-order valence-corrected chi connectivity index (χ2v) is 6.37. The zero-order valence-corrected chi connectivity index (χ0v) is 12.8. The number of amides is 1. The van der Waals surface area contributed by atoms with Crippen LogP contribution in [0.25, 0.3) is 0 Å². The minimum atomic E-state index is 0.188. The van der Waals surface area contributed by atoms with Gasteiger partial charge in [-0.05, 0) is 31.2 Å². The minimum Gasteiger partial charge on any atom is -0.474 e. The summed E-state index contributed by atoms with van der Waals surface area (Å²) in [5.74, 6) is 1.69. The highest BCUT2D eigenvalue weighted by atomic mass is 16.5. The number of pyridine rings is 1. The van der Waals surface area contributed by atoms with E-state index < -0.39 is 0 Å². The molecule has 0 N–H and O–H groups in total. The van der Waals surface area contributed by atoms with Gasteiger partial charge in [-0.1, -0.05) is 12.5 Å². The highest BCUT2D eigenvalue weighted by Crippen LogP contribution is 2.30. The molecule has 21 heavy (non-hydrogen) atoms. The lowest BCUT2D eigenvalue weighted by Crippen LogP contribution is -2.42. The minimum absolute atomic E-state index is 0.188. The van der Waals surface area contributed by atoms with Crippen molar-refractivity contribution in [2.75, 3.05) is 13.1 Å². The average Bonchev–Trinajstić information content (AvgIpc) is 2.46. The van der Waals surface area contributed by atoms with Gasteiger partial charge >= 0.3 is 0 Å². The van der Waals surface area contributed by atoms with Crippen molar-refractivity contribution in [3.63, 3.8) is 0 Å². The number of aromatic nitrogens is 1. The second-order valence-electron chi connectivity index (χ2n) is 6.37. The average molecular weight is 288 g/mol. The number of hydrogen-bond acceptors (Lipinski definition) is 3. The Morgan fingerprint density at radius 1 is 1.29 bits per heavy atom. The molecule has 0 unspecified atom stereocenters. The van der Waals surface area contributed by atoms with Crippen LogP contribution in [0.2, 0.25) is 0 Å². The second kappa shape index (κ2) is 6.46. The molecule has 0 aromatic carbocycles. The van der Waals surface area contributed by atoms with Gasteiger partial charge in [-0.25, -0.2) is 4.98 Å². The molecule has 1 aliphatic heterocycles. The van der Waals surface area contributed by atoms with Crippen molar-refractivity contribution in [1.82, 2.24) is 9.88 Å². The van der Waals surface area contributed by atoms with E-state index in [4.69, 9.17) is 4.74 Å². The Bertz CT molecular complexity index is 474. The first-order valence-corrected chi connectivity index (χ1v) is 8.08. The first kappa shape index (κ1) is 14.4. The quantitative estimate of drug-likeness (QED) is 0.855. The number of carbonyl (C=O) groups excluding carboxylic acids is 1. The van der Waals surface area contributed by atoms with Crippen LogP contribution in [-0.4, -0.2) is 35.0 Å². The van der Waals surface area contributed by atoms with Gasteiger partial charge in [-0.3, -0.25) is 4.79 Å². The Morgan fingerprint density at radius 2 is 2.05 bits per heavy atom. The van der Waals surface area contributed by atoms with E-state index in [0.717, 1.165) is 37.9 Å². The molecule has 0 radical (unpaired) electrons. The van der Waals surface area contributed by atoms with Crippen LogP contribution in [0.15, 0.2) is 18.3 Å². The fourth-order valence-corrected chi connectivity index (χ4v) is 2.99. The molecule has 2 aliphatic rings. The Morgan fingerprint density at radius 3 is 2.62 bits per heavy atom. The summed E-state index contributed by atoms with van der Waals surface area (Å²) in [7, 11) is 0. The predicted octanol–water partition coefficient (Wildman–Crippen LogP) is 2.95. The number of aryl methyl sites for hydroxylation is 1. The van der Waals surface area contributed by atoms with E-state index in [0.29, 0.717) is 17.7 Å². The Kier molecular flexibility index (Phi) is 4.42.